The summed E-state index contributed by atoms with van der Waals surface area (Å²) < 4.78 is 16.9. The second-order valence-corrected chi connectivity index (χ2v) is 20.1. The molecule has 3 atom stereocenters. The number of carbonyl (C=O) groups excluding carboxylic acids is 3. The molecule has 0 rings (SSSR count). The molecule has 0 aromatic carbocycles. The van der Waals surface area contributed by atoms with Crippen molar-refractivity contribution in [3.05, 3.63) is 0 Å². The minimum atomic E-state index is -0.762. The van der Waals surface area contributed by atoms with Gasteiger partial charge >= 0.3 is 17.9 Å². The largest absolute Gasteiger partial charge is 0.462 e. The second kappa shape index (κ2) is 49.8. The third kappa shape index (κ3) is 48.2. The number of carbonyl (C=O) groups is 3. The molecule has 0 aliphatic heterocycles. The molecule has 0 radical (unpaired) electrons. The molecule has 0 aliphatic rings. The van der Waals surface area contributed by atoms with E-state index < -0.39 is 6.10 Å². The van der Waals surface area contributed by atoms with Gasteiger partial charge in [0.2, 0.25) is 0 Å². The molecule has 63 heavy (non-hydrogen) atoms. The van der Waals surface area contributed by atoms with Gasteiger partial charge in [-0.2, -0.15) is 0 Å². The fraction of sp³-hybridized carbons (Fsp3) is 0.947. The van der Waals surface area contributed by atoms with Gasteiger partial charge in [0.05, 0.1) is 0 Å². The van der Waals surface area contributed by atoms with Gasteiger partial charge in [-0.25, -0.2) is 0 Å². The van der Waals surface area contributed by atoms with Gasteiger partial charge in [-0.3, -0.25) is 14.4 Å². The maximum Gasteiger partial charge on any atom is 0.306 e. The van der Waals surface area contributed by atoms with Crippen molar-refractivity contribution >= 4 is 17.9 Å². The number of esters is 3. The summed E-state index contributed by atoms with van der Waals surface area (Å²) in [4.78, 5) is 38.1. The van der Waals surface area contributed by atoms with E-state index >= 15 is 0 Å². The van der Waals surface area contributed by atoms with Crippen LogP contribution in [0.2, 0.25) is 0 Å². The van der Waals surface area contributed by atoms with Gasteiger partial charge < -0.3 is 14.2 Å². The molecule has 0 bridgehead atoms. The van der Waals surface area contributed by atoms with Crippen LogP contribution in [0, 0.1) is 11.8 Å². The van der Waals surface area contributed by atoms with Crippen LogP contribution < -0.4 is 0 Å². The van der Waals surface area contributed by atoms with Gasteiger partial charge in [0, 0.05) is 19.3 Å². The highest BCUT2D eigenvalue weighted by Crippen LogP contribution is 2.19. The molecule has 374 valence electrons. The van der Waals surface area contributed by atoms with Crippen LogP contribution >= 0.6 is 0 Å². The van der Waals surface area contributed by atoms with Crippen LogP contribution in [0.15, 0.2) is 0 Å². The van der Waals surface area contributed by atoms with E-state index in [-0.39, 0.29) is 31.1 Å². The van der Waals surface area contributed by atoms with Crippen LogP contribution in [0.1, 0.15) is 317 Å². The van der Waals surface area contributed by atoms with E-state index in [4.69, 9.17) is 14.2 Å². The van der Waals surface area contributed by atoms with Gasteiger partial charge in [0.25, 0.3) is 0 Å². The summed E-state index contributed by atoms with van der Waals surface area (Å²) in [7, 11) is 0. The number of rotatable bonds is 51. The minimum Gasteiger partial charge on any atom is -0.462 e. The first kappa shape index (κ1) is 61.4. The van der Waals surface area contributed by atoms with E-state index in [1.807, 2.05) is 0 Å². The molecule has 2 unspecified atom stereocenters. The number of hydrogen-bond donors (Lipinski definition) is 0. The molecule has 0 N–H and O–H groups in total. The summed E-state index contributed by atoms with van der Waals surface area (Å²) in [5.41, 5.74) is 0. The molecule has 0 fully saturated rings. The first-order valence-electron chi connectivity index (χ1n) is 28.3. The third-order valence-electron chi connectivity index (χ3n) is 13.7. The molecule has 0 heterocycles. The fourth-order valence-electron chi connectivity index (χ4n) is 8.63. The number of hydrogen-bond acceptors (Lipinski definition) is 6. The summed E-state index contributed by atoms with van der Waals surface area (Å²) in [6.07, 6.45) is 52.2. The van der Waals surface area contributed by atoms with Gasteiger partial charge in [0.1, 0.15) is 13.2 Å². The van der Waals surface area contributed by atoms with Crippen molar-refractivity contribution in [1.29, 1.82) is 0 Å². The predicted molar refractivity (Wildman–Crippen MR) is 270 cm³/mol. The van der Waals surface area contributed by atoms with Crippen LogP contribution in [0.5, 0.6) is 0 Å². The molecular weight excluding hydrogens is 781 g/mol. The topological polar surface area (TPSA) is 78.9 Å². The zero-order valence-corrected chi connectivity index (χ0v) is 43.2. The molecule has 0 saturated carbocycles. The SMILES string of the molecule is CCCCCCCCCCCCCCCC(=O)O[C@@H](COC(=O)CCCCCCCCCCCCCCCCC(C)CC)COC(=O)CCCCCCCCCCCCC(C)CC. The number of ether oxygens (including phenoxy) is 3. The molecule has 0 aliphatic carbocycles. The Labute approximate surface area is 393 Å². The Hall–Kier alpha value is -1.59. The molecule has 6 heteroatoms. The monoisotopic (exact) mass is 891 g/mol. The maximum atomic E-state index is 12.8. The van der Waals surface area contributed by atoms with Crippen LogP contribution in [-0.2, 0) is 28.6 Å². The first-order valence-corrected chi connectivity index (χ1v) is 28.3. The van der Waals surface area contributed by atoms with E-state index in [2.05, 4.69) is 34.6 Å². The Bertz CT molecular complexity index is 966. The summed E-state index contributed by atoms with van der Waals surface area (Å²) in [5.74, 6) is 0.924. The lowest BCUT2D eigenvalue weighted by molar-refractivity contribution is -0.167. The van der Waals surface area contributed by atoms with E-state index in [1.54, 1.807) is 0 Å². The van der Waals surface area contributed by atoms with Crippen LogP contribution in [0.4, 0.5) is 0 Å². The Kier molecular flexibility index (Phi) is 48.6. The van der Waals surface area contributed by atoms with E-state index in [9.17, 15) is 14.4 Å². The lowest BCUT2D eigenvalue weighted by atomic mass is 9.99. The Morgan fingerprint density at radius 1 is 0.317 bits per heavy atom. The van der Waals surface area contributed by atoms with E-state index in [0.717, 1.165) is 69.6 Å². The lowest BCUT2D eigenvalue weighted by Crippen LogP contribution is -2.30. The zero-order chi connectivity index (χ0) is 46.1. The summed E-state index contributed by atoms with van der Waals surface area (Å²) in [5, 5.41) is 0. The van der Waals surface area contributed by atoms with Crippen LogP contribution in [0.3, 0.4) is 0 Å². The summed E-state index contributed by atoms with van der Waals surface area (Å²) in [6, 6.07) is 0. The standard InChI is InChI=1S/C57H110O6/c1-6-9-10-11-12-13-14-17-22-29-34-39-44-49-57(60)63-54(51-62-56(59)48-43-38-33-28-24-23-26-31-36-41-46-53(5)8-3)50-61-55(58)47-42-37-32-27-21-19-16-15-18-20-25-30-35-40-45-52(4)7-2/h52-54H,6-51H2,1-5H3/t52?,53?,54-/m0/s1. The normalized spacial score (nSPS) is 12.9. The zero-order valence-electron chi connectivity index (χ0n) is 43.2. The molecular formula is C57H110O6. The van der Waals surface area contributed by atoms with Crippen molar-refractivity contribution < 1.29 is 28.6 Å². The van der Waals surface area contributed by atoms with Crippen molar-refractivity contribution in [3.8, 4) is 0 Å². The maximum absolute atomic E-state index is 12.8. The average molecular weight is 892 g/mol. The number of unbranched alkanes of at least 4 members (excludes halogenated alkanes) is 34. The summed E-state index contributed by atoms with van der Waals surface area (Å²) >= 11 is 0. The smallest absolute Gasteiger partial charge is 0.306 e. The Morgan fingerprint density at radius 2 is 0.556 bits per heavy atom. The highest BCUT2D eigenvalue weighted by Gasteiger charge is 2.19. The van der Waals surface area contributed by atoms with Gasteiger partial charge in [0.15, 0.2) is 6.10 Å². The Balaban J connectivity index is 4.29. The van der Waals surface area contributed by atoms with Crippen molar-refractivity contribution in [2.75, 3.05) is 13.2 Å². The van der Waals surface area contributed by atoms with Crippen molar-refractivity contribution in [2.24, 2.45) is 11.8 Å². The third-order valence-corrected chi connectivity index (χ3v) is 13.7. The quantitative estimate of drug-likeness (QED) is 0.0344. The first-order chi connectivity index (χ1) is 30.8. The molecule has 0 amide bonds. The van der Waals surface area contributed by atoms with E-state index in [1.165, 1.54) is 205 Å². The van der Waals surface area contributed by atoms with Crippen molar-refractivity contribution in [2.45, 2.75) is 323 Å². The van der Waals surface area contributed by atoms with Crippen LogP contribution in [0.25, 0.3) is 0 Å². The van der Waals surface area contributed by atoms with Crippen molar-refractivity contribution in [1.82, 2.24) is 0 Å². The van der Waals surface area contributed by atoms with E-state index in [0.29, 0.717) is 19.3 Å². The average Bonchev–Trinajstić information content (AvgIpc) is 3.28. The minimum absolute atomic E-state index is 0.0629. The predicted octanol–water partition coefficient (Wildman–Crippen LogP) is 18.5. The van der Waals surface area contributed by atoms with Crippen molar-refractivity contribution in [3.63, 3.8) is 0 Å². The lowest BCUT2D eigenvalue weighted by Gasteiger charge is -2.18. The van der Waals surface area contributed by atoms with Gasteiger partial charge in [-0.1, -0.05) is 279 Å². The molecule has 6 nitrogen and oxygen atoms in total. The van der Waals surface area contributed by atoms with Gasteiger partial charge in [-0.15, -0.1) is 0 Å². The molecule has 0 aromatic heterocycles. The molecule has 0 aromatic rings. The van der Waals surface area contributed by atoms with Crippen LogP contribution in [-0.4, -0.2) is 37.2 Å². The highest BCUT2D eigenvalue weighted by molar-refractivity contribution is 5.71. The fourth-order valence-corrected chi connectivity index (χ4v) is 8.63. The Morgan fingerprint density at radius 3 is 0.825 bits per heavy atom. The molecule has 0 saturated heterocycles. The summed E-state index contributed by atoms with van der Waals surface area (Å²) in [6.45, 7) is 11.5. The second-order valence-electron chi connectivity index (χ2n) is 20.1. The highest BCUT2D eigenvalue weighted by atomic mass is 16.6. The molecule has 0 spiro atoms. The van der Waals surface area contributed by atoms with Gasteiger partial charge in [-0.05, 0) is 31.1 Å².